The highest BCUT2D eigenvalue weighted by Gasteiger charge is 2.15. The van der Waals surface area contributed by atoms with Crippen LogP contribution < -0.4 is 15.0 Å². The van der Waals surface area contributed by atoms with Gasteiger partial charge in [0.2, 0.25) is 0 Å². The van der Waals surface area contributed by atoms with E-state index in [1.54, 1.807) is 42.6 Å². The van der Waals surface area contributed by atoms with E-state index < -0.39 is 4.92 Å². The van der Waals surface area contributed by atoms with Crippen LogP contribution in [0.1, 0.15) is 36.7 Å². The zero-order valence-electron chi connectivity index (χ0n) is 20.1. The number of halogens is 2. The van der Waals surface area contributed by atoms with E-state index in [9.17, 15) is 14.9 Å². The lowest BCUT2D eigenvalue weighted by molar-refractivity contribution is -0.384. The van der Waals surface area contributed by atoms with Crippen LogP contribution in [0, 0.1) is 10.1 Å². The molecule has 0 spiro atoms. The third-order valence-electron chi connectivity index (χ3n) is 5.46. The molecule has 0 N–H and O–H groups in total. The molecule has 0 saturated heterocycles. The summed E-state index contributed by atoms with van der Waals surface area (Å²) in [5.41, 5.74) is 1.62. The summed E-state index contributed by atoms with van der Waals surface area (Å²) in [4.78, 5) is 28.5. The molecular formula is C26H22Br2N4O5. The van der Waals surface area contributed by atoms with Crippen LogP contribution in [0.2, 0.25) is 0 Å². The van der Waals surface area contributed by atoms with Crippen molar-refractivity contribution in [1.29, 1.82) is 0 Å². The van der Waals surface area contributed by atoms with Crippen LogP contribution in [0.5, 0.6) is 11.5 Å². The summed E-state index contributed by atoms with van der Waals surface area (Å²) in [6.07, 6.45) is 1.55. The first-order chi connectivity index (χ1) is 17.7. The number of nitrogens with zero attached hydrogens (tertiary/aromatic N) is 4. The molecule has 3 aromatic carbocycles. The van der Waals surface area contributed by atoms with Crippen molar-refractivity contribution in [2.45, 2.75) is 26.4 Å². The lowest BCUT2D eigenvalue weighted by Crippen LogP contribution is -2.23. The molecule has 0 fully saturated rings. The Morgan fingerprint density at radius 2 is 1.92 bits per heavy atom. The minimum Gasteiger partial charge on any atom is -0.493 e. The lowest BCUT2D eigenvalue weighted by atomic mass is 10.2. The molecule has 0 unspecified atom stereocenters. The molecule has 0 bridgehead atoms. The van der Waals surface area contributed by atoms with Crippen molar-refractivity contribution in [2.24, 2.45) is 5.10 Å². The molecule has 4 rings (SSSR count). The van der Waals surface area contributed by atoms with E-state index in [0.717, 1.165) is 4.47 Å². The minimum absolute atomic E-state index is 0.00708. The summed E-state index contributed by atoms with van der Waals surface area (Å²) in [6.45, 7) is 4.01. The molecule has 4 aromatic rings. The second-order valence-electron chi connectivity index (χ2n) is 8.39. The monoisotopic (exact) mass is 628 g/mol. The number of fused-ring (bicyclic) bond motifs is 1. The average molecular weight is 630 g/mol. The maximum atomic E-state index is 13.3. The smallest absolute Gasteiger partial charge is 0.282 e. The number of non-ortho nitro benzene ring substituents is 1. The third kappa shape index (κ3) is 5.89. The summed E-state index contributed by atoms with van der Waals surface area (Å²) < 4.78 is 14.1. The van der Waals surface area contributed by atoms with Gasteiger partial charge in [-0.3, -0.25) is 14.9 Å². The van der Waals surface area contributed by atoms with Gasteiger partial charge in [0.25, 0.3) is 11.2 Å². The van der Waals surface area contributed by atoms with Gasteiger partial charge in [-0.2, -0.15) is 9.78 Å². The first-order valence-corrected chi connectivity index (χ1v) is 12.8. The van der Waals surface area contributed by atoms with Gasteiger partial charge in [0.15, 0.2) is 11.5 Å². The van der Waals surface area contributed by atoms with Gasteiger partial charge in [0.05, 0.1) is 29.2 Å². The van der Waals surface area contributed by atoms with Gasteiger partial charge in [-0.25, -0.2) is 4.98 Å². The predicted octanol–water partition coefficient (Wildman–Crippen LogP) is 6.42. The first-order valence-electron chi connectivity index (χ1n) is 11.2. The number of benzene rings is 3. The highest BCUT2D eigenvalue weighted by atomic mass is 79.9. The molecule has 0 aliphatic rings. The van der Waals surface area contributed by atoms with Crippen LogP contribution in [-0.2, 0) is 6.61 Å². The van der Waals surface area contributed by atoms with E-state index in [1.165, 1.54) is 23.9 Å². The highest BCUT2D eigenvalue weighted by molar-refractivity contribution is 9.10. The lowest BCUT2D eigenvalue weighted by Gasteiger charge is -2.14. The SMILES string of the molecule is COc1cc(C=Nn2c(C(C)C)nc3ccc(Br)cc3c2=O)c(Br)cc1OCc1cccc([N+](=O)[O-])c1. The number of rotatable bonds is 8. The highest BCUT2D eigenvalue weighted by Crippen LogP contribution is 2.34. The van der Waals surface area contributed by atoms with E-state index in [2.05, 4.69) is 41.9 Å². The van der Waals surface area contributed by atoms with Crippen LogP contribution in [0.25, 0.3) is 10.9 Å². The fourth-order valence-corrected chi connectivity index (χ4v) is 4.40. The summed E-state index contributed by atoms with van der Waals surface area (Å²) in [5.74, 6) is 1.37. The van der Waals surface area contributed by atoms with Gasteiger partial charge in [0.1, 0.15) is 12.4 Å². The van der Waals surface area contributed by atoms with Crippen molar-refractivity contribution >= 4 is 54.7 Å². The molecule has 9 nitrogen and oxygen atoms in total. The van der Waals surface area contributed by atoms with Gasteiger partial charge in [-0.1, -0.05) is 41.9 Å². The molecule has 0 amide bonds. The Hall–Kier alpha value is -3.57. The maximum absolute atomic E-state index is 13.3. The second-order valence-corrected chi connectivity index (χ2v) is 10.2. The number of ether oxygens (including phenoxy) is 2. The van der Waals surface area contributed by atoms with E-state index in [4.69, 9.17) is 9.47 Å². The molecule has 1 heterocycles. The Labute approximate surface area is 229 Å². The normalized spacial score (nSPS) is 11.4. The quantitative estimate of drug-likeness (QED) is 0.126. The number of aromatic nitrogens is 2. The Morgan fingerprint density at radius 1 is 1.14 bits per heavy atom. The van der Waals surface area contributed by atoms with E-state index >= 15 is 0 Å². The molecule has 0 aliphatic carbocycles. The summed E-state index contributed by atoms with van der Waals surface area (Å²) in [6, 6.07) is 15.1. The zero-order chi connectivity index (χ0) is 26.7. The fourth-order valence-electron chi connectivity index (χ4n) is 3.61. The first kappa shape index (κ1) is 26.5. The van der Waals surface area contributed by atoms with E-state index in [0.29, 0.717) is 43.8 Å². The largest absolute Gasteiger partial charge is 0.493 e. The number of methoxy groups -OCH3 is 1. The summed E-state index contributed by atoms with van der Waals surface area (Å²) in [5, 5.41) is 16.0. The Balaban J connectivity index is 1.66. The zero-order valence-corrected chi connectivity index (χ0v) is 23.3. The van der Waals surface area contributed by atoms with Crippen LogP contribution in [0.15, 0.2) is 73.4 Å². The number of hydrogen-bond donors (Lipinski definition) is 0. The number of nitro groups is 1. The molecule has 0 aliphatic heterocycles. The molecule has 0 atom stereocenters. The van der Waals surface area contributed by atoms with E-state index in [1.807, 2.05) is 19.9 Å². The molecule has 0 radical (unpaired) electrons. The van der Waals surface area contributed by atoms with Crippen molar-refractivity contribution in [3.8, 4) is 11.5 Å². The van der Waals surface area contributed by atoms with Crippen molar-refractivity contribution in [3.63, 3.8) is 0 Å². The van der Waals surface area contributed by atoms with Gasteiger partial charge in [-0.15, -0.1) is 0 Å². The van der Waals surface area contributed by atoms with Gasteiger partial charge >= 0.3 is 0 Å². The van der Waals surface area contributed by atoms with Gasteiger partial charge in [0, 0.05) is 32.6 Å². The molecule has 190 valence electrons. The molecule has 1 aromatic heterocycles. The predicted molar refractivity (Wildman–Crippen MR) is 149 cm³/mol. The summed E-state index contributed by atoms with van der Waals surface area (Å²) in [7, 11) is 1.51. The average Bonchev–Trinajstić information content (AvgIpc) is 2.87. The number of hydrogen-bond acceptors (Lipinski definition) is 7. The van der Waals surface area contributed by atoms with E-state index in [-0.39, 0.29) is 23.8 Å². The van der Waals surface area contributed by atoms with Crippen molar-refractivity contribution in [2.75, 3.05) is 7.11 Å². The third-order valence-corrected chi connectivity index (χ3v) is 6.64. The molecule has 37 heavy (non-hydrogen) atoms. The Morgan fingerprint density at radius 3 is 2.62 bits per heavy atom. The topological polar surface area (TPSA) is 109 Å². The van der Waals surface area contributed by atoms with Crippen LogP contribution in [0.4, 0.5) is 5.69 Å². The Bertz CT molecular complexity index is 1580. The molecular weight excluding hydrogens is 608 g/mol. The second kappa shape index (κ2) is 11.2. The van der Waals surface area contributed by atoms with Gasteiger partial charge < -0.3 is 9.47 Å². The van der Waals surface area contributed by atoms with Crippen molar-refractivity contribution in [3.05, 3.63) is 101 Å². The number of nitro benzene ring substituents is 1. The van der Waals surface area contributed by atoms with Crippen molar-refractivity contribution < 1.29 is 14.4 Å². The van der Waals surface area contributed by atoms with Crippen molar-refractivity contribution in [1.82, 2.24) is 9.66 Å². The van der Waals surface area contributed by atoms with Gasteiger partial charge in [-0.05, 0) is 51.8 Å². The molecule has 0 saturated carbocycles. The molecule has 11 heteroatoms. The Kier molecular flexibility index (Phi) is 8.03. The van der Waals surface area contributed by atoms with Crippen LogP contribution in [0.3, 0.4) is 0 Å². The minimum atomic E-state index is -0.450. The fraction of sp³-hybridized carbons (Fsp3) is 0.192. The maximum Gasteiger partial charge on any atom is 0.282 e. The standard InChI is InChI=1S/C26H22Br2N4O5/c1-15(2)25-30-22-8-7-18(27)11-20(22)26(33)31(25)29-13-17-10-23(36-3)24(12-21(17)28)37-14-16-5-4-6-19(9-16)32(34)35/h4-13,15H,14H2,1-3H3. The summed E-state index contributed by atoms with van der Waals surface area (Å²) >= 11 is 6.94. The van der Waals surface area contributed by atoms with Crippen LogP contribution in [-0.4, -0.2) is 27.9 Å². The van der Waals surface area contributed by atoms with Crippen LogP contribution >= 0.6 is 31.9 Å².